The molecule has 122 valence electrons. The molecule has 1 saturated heterocycles. The lowest BCUT2D eigenvalue weighted by molar-refractivity contribution is -0.164. The van der Waals surface area contributed by atoms with E-state index in [1.165, 1.54) is 0 Å². The van der Waals surface area contributed by atoms with E-state index in [2.05, 4.69) is 5.32 Å². The molecule has 0 saturated carbocycles. The molecule has 1 fully saturated rings. The number of carbonyl (C=O) groups excluding carboxylic acids is 2. The maximum atomic E-state index is 13.1. The van der Waals surface area contributed by atoms with Gasteiger partial charge in [-0.1, -0.05) is 34.6 Å². The third kappa shape index (κ3) is 3.23. The van der Waals surface area contributed by atoms with Crippen molar-refractivity contribution < 1.29 is 14.3 Å². The third-order valence-corrected chi connectivity index (χ3v) is 4.44. The molecule has 0 bridgehead atoms. The van der Waals surface area contributed by atoms with Gasteiger partial charge in [-0.25, -0.2) is 0 Å². The Morgan fingerprint density at radius 3 is 2.19 bits per heavy atom. The lowest BCUT2D eigenvalue weighted by atomic mass is 9.78. The van der Waals surface area contributed by atoms with E-state index in [0.717, 1.165) is 0 Å². The average Bonchev–Trinajstić information content (AvgIpc) is 2.39. The van der Waals surface area contributed by atoms with Crippen LogP contribution in [0.4, 0.5) is 0 Å². The maximum Gasteiger partial charge on any atom is 0.249 e. The molecule has 2 atom stereocenters. The summed E-state index contributed by atoms with van der Waals surface area (Å²) in [6, 6.07) is -0.600. The van der Waals surface area contributed by atoms with Crippen LogP contribution in [0.2, 0.25) is 0 Å². The van der Waals surface area contributed by atoms with E-state index in [0.29, 0.717) is 19.4 Å². The Morgan fingerprint density at radius 2 is 1.81 bits per heavy atom. The van der Waals surface area contributed by atoms with E-state index in [9.17, 15) is 9.59 Å². The zero-order valence-corrected chi connectivity index (χ0v) is 14.4. The first-order chi connectivity index (χ1) is 9.64. The average molecular weight is 298 g/mol. The molecule has 0 aromatic rings. The molecule has 0 radical (unpaired) electrons. The van der Waals surface area contributed by atoms with Gasteiger partial charge in [-0.3, -0.25) is 9.59 Å². The zero-order valence-electron chi connectivity index (χ0n) is 14.4. The fourth-order valence-corrected chi connectivity index (χ4v) is 3.16. The normalized spacial score (nSPS) is 24.0. The van der Waals surface area contributed by atoms with Crippen LogP contribution < -0.4 is 5.32 Å². The summed E-state index contributed by atoms with van der Waals surface area (Å²) in [4.78, 5) is 27.5. The van der Waals surface area contributed by atoms with Gasteiger partial charge >= 0.3 is 0 Å². The molecule has 1 rings (SSSR count). The van der Waals surface area contributed by atoms with Gasteiger partial charge in [-0.15, -0.1) is 0 Å². The van der Waals surface area contributed by atoms with Gasteiger partial charge in [0.1, 0.15) is 11.6 Å². The predicted octanol–water partition coefficient (Wildman–Crippen LogP) is 1.95. The van der Waals surface area contributed by atoms with Crippen molar-refractivity contribution in [3.05, 3.63) is 0 Å². The van der Waals surface area contributed by atoms with Gasteiger partial charge in [0.15, 0.2) is 0 Å². The fourth-order valence-electron chi connectivity index (χ4n) is 3.16. The molecule has 0 spiro atoms. The molecule has 1 heterocycles. The summed E-state index contributed by atoms with van der Waals surface area (Å²) < 4.78 is 5.21. The summed E-state index contributed by atoms with van der Waals surface area (Å²) in [5.41, 5.74) is -1.10. The minimum Gasteiger partial charge on any atom is -0.383 e. The van der Waals surface area contributed by atoms with Crippen molar-refractivity contribution in [2.45, 2.75) is 72.0 Å². The van der Waals surface area contributed by atoms with Crippen LogP contribution >= 0.6 is 0 Å². The Hall–Kier alpha value is -1.10. The van der Waals surface area contributed by atoms with E-state index in [1.807, 2.05) is 41.5 Å². The predicted molar refractivity (Wildman–Crippen MR) is 82.9 cm³/mol. The van der Waals surface area contributed by atoms with Gasteiger partial charge in [0.25, 0.3) is 0 Å². The number of hydrogen-bond donors (Lipinski definition) is 1. The smallest absolute Gasteiger partial charge is 0.249 e. The SMILES string of the molecule is CCC1(CC)NC(=O)C(C(C)(C)C)N(C(C)COC)C1=O. The second-order valence-electron chi connectivity index (χ2n) is 7.06. The maximum absolute atomic E-state index is 13.1. The van der Waals surface area contributed by atoms with E-state index in [1.54, 1.807) is 12.0 Å². The summed E-state index contributed by atoms with van der Waals surface area (Å²) >= 11 is 0. The van der Waals surface area contributed by atoms with Crippen molar-refractivity contribution in [2.75, 3.05) is 13.7 Å². The largest absolute Gasteiger partial charge is 0.383 e. The van der Waals surface area contributed by atoms with Crippen LogP contribution in [0.15, 0.2) is 0 Å². The van der Waals surface area contributed by atoms with Gasteiger partial charge in [0, 0.05) is 7.11 Å². The van der Waals surface area contributed by atoms with Crippen LogP contribution in [0.1, 0.15) is 54.4 Å². The first-order valence-corrected chi connectivity index (χ1v) is 7.78. The van der Waals surface area contributed by atoms with E-state index in [4.69, 9.17) is 4.74 Å². The summed E-state index contributed by atoms with van der Waals surface area (Å²) in [6.07, 6.45) is 1.20. The number of methoxy groups -OCH3 is 1. The molecule has 1 aliphatic rings. The second kappa shape index (κ2) is 6.34. The highest BCUT2D eigenvalue weighted by Gasteiger charge is 2.53. The molecular formula is C16H30N2O3. The van der Waals surface area contributed by atoms with Crippen LogP contribution in [0.3, 0.4) is 0 Å². The quantitative estimate of drug-likeness (QED) is 0.844. The highest BCUT2D eigenvalue weighted by atomic mass is 16.5. The Kier molecular flexibility index (Phi) is 5.42. The summed E-state index contributed by atoms with van der Waals surface area (Å²) in [5, 5.41) is 2.99. The van der Waals surface area contributed by atoms with Crippen molar-refractivity contribution in [3.8, 4) is 0 Å². The highest BCUT2D eigenvalue weighted by molar-refractivity contribution is 6.00. The fraction of sp³-hybridized carbons (Fsp3) is 0.875. The molecule has 1 aliphatic heterocycles. The van der Waals surface area contributed by atoms with E-state index in [-0.39, 0.29) is 23.3 Å². The standard InChI is InChI=1S/C16H30N2O3/c1-8-16(9-2)14(20)18(11(3)10-21-7)12(13(19)17-16)15(4,5)6/h11-12H,8-10H2,1-7H3,(H,17,19). The van der Waals surface area contributed by atoms with Crippen molar-refractivity contribution in [3.63, 3.8) is 0 Å². The lowest BCUT2D eigenvalue weighted by Crippen LogP contribution is -2.74. The van der Waals surface area contributed by atoms with Crippen molar-refractivity contribution in [1.82, 2.24) is 10.2 Å². The van der Waals surface area contributed by atoms with Crippen molar-refractivity contribution in [2.24, 2.45) is 5.41 Å². The Bertz CT molecular complexity index is 397. The Labute approximate surface area is 128 Å². The van der Waals surface area contributed by atoms with Crippen LogP contribution in [0, 0.1) is 5.41 Å². The van der Waals surface area contributed by atoms with Crippen LogP contribution in [-0.4, -0.2) is 48.1 Å². The van der Waals surface area contributed by atoms with Gasteiger partial charge in [-0.2, -0.15) is 0 Å². The summed E-state index contributed by atoms with van der Waals surface area (Å²) in [5.74, 6) is -0.0506. The lowest BCUT2D eigenvalue weighted by Gasteiger charge is -2.51. The number of piperazine rings is 1. The molecule has 1 N–H and O–H groups in total. The topological polar surface area (TPSA) is 58.6 Å². The highest BCUT2D eigenvalue weighted by Crippen LogP contribution is 2.34. The zero-order chi connectivity index (χ0) is 16.4. The van der Waals surface area contributed by atoms with E-state index >= 15 is 0 Å². The van der Waals surface area contributed by atoms with Crippen molar-refractivity contribution >= 4 is 11.8 Å². The Balaban J connectivity index is 3.30. The number of hydrogen-bond acceptors (Lipinski definition) is 3. The van der Waals surface area contributed by atoms with Gasteiger partial charge < -0.3 is 15.0 Å². The molecule has 0 aromatic heterocycles. The molecule has 2 unspecified atom stereocenters. The number of carbonyl (C=O) groups is 2. The van der Waals surface area contributed by atoms with Crippen molar-refractivity contribution in [1.29, 1.82) is 0 Å². The number of nitrogens with one attached hydrogen (secondary N) is 1. The molecule has 0 aromatic carbocycles. The summed E-state index contributed by atoms with van der Waals surface area (Å²) in [7, 11) is 1.62. The second-order valence-corrected chi connectivity index (χ2v) is 7.06. The minimum absolute atomic E-state index is 0.0107. The molecule has 21 heavy (non-hydrogen) atoms. The minimum atomic E-state index is -0.777. The van der Waals surface area contributed by atoms with Gasteiger partial charge in [-0.05, 0) is 25.2 Å². The van der Waals surface area contributed by atoms with Gasteiger partial charge in [0.05, 0.1) is 12.6 Å². The molecule has 2 amide bonds. The van der Waals surface area contributed by atoms with E-state index < -0.39 is 11.6 Å². The monoisotopic (exact) mass is 298 g/mol. The third-order valence-electron chi connectivity index (χ3n) is 4.44. The number of ether oxygens (including phenoxy) is 1. The first kappa shape index (κ1) is 18.0. The molecular weight excluding hydrogens is 268 g/mol. The number of nitrogens with zero attached hydrogens (tertiary/aromatic N) is 1. The van der Waals surface area contributed by atoms with Crippen LogP contribution in [0.5, 0.6) is 0 Å². The number of amides is 2. The van der Waals surface area contributed by atoms with Gasteiger partial charge in [0.2, 0.25) is 11.8 Å². The van der Waals surface area contributed by atoms with Crippen LogP contribution in [-0.2, 0) is 14.3 Å². The first-order valence-electron chi connectivity index (χ1n) is 7.78. The Morgan fingerprint density at radius 1 is 1.29 bits per heavy atom. The number of rotatable bonds is 5. The molecule has 5 nitrogen and oxygen atoms in total. The molecule has 0 aliphatic carbocycles. The molecule has 5 heteroatoms. The van der Waals surface area contributed by atoms with Crippen LogP contribution in [0.25, 0.3) is 0 Å². The summed E-state index contributed by atoms with van der Waals surface area (Å²) in [6.45, 7) is 12.2.